The lowest BCUT2D eigenvalue weighted by molar-refractivity contribution is -0.139. The van der Waals surface area contributed by atoms with Gasteiger partial charge in [-0.15, -0.1) is 0 Å². The lowest BCUT2D eigenvalue weighted by Gasteiger charge is -2.45. The molecular formula is C18H32N2O6. The number of rotatable bonds is 3. The van der Waals surface area contributed by atoms with Gasteiger partial charge in [0.15, 0.2) is 0 Å². The van der Waals surface area contributed by atoms with Gasteiger partial charge >= 0.3 is 18.2 Å². The molecule has 2 N–H and O–H groups in total. The maximum absolute atomic E-state index is 12.5. The molecule has 1 saturated heterocycles. The first kappa shape index (κ1) is 22.1. The number of carboxylic acid groups (broad SMARTS) is 1. The zero-order valence-corrected chi connectivity index (χ0v) is 16.8. The first-order valence-electron chi connectivity index (χ1n) is 8.82. The maximum Gasteiger partial charge on any atom is 0.410 e. The van der Waals surface area contributed by atoms with Crippen molar-refractivity contribution < 1.29 is 29.0 Å². The number of nitrogens with one attached hydrogen (secondary N) is 1. The Bertz CT molecular complexity index is 549. The first-order valence-corrected chi connectivity index (χ1v) is 8.82. The minimum absolute atomic E-state index is 0.00875. The zero-order chi connectivity index (χ0) is 20.3. The summed E-state index contributed by atoms with van der Waals surface area (Å²) in [6, 6.07) is 0. The van der Waals surface area contributed by atoms with Crippen LogP contribution >= 0.6 is 0 Å². The molecule has 0 radical (unpaired) electrons. The molecule has 0 aliphatic carbocycles. The van der Waals surface area contributed by atoms with Crippen LogP contribution in [0.25, 0.3) is 0 Å². The molecule has 1 aliphatic heterocycles. The Morgan fingerprint density at radius 2 is 1.65 bits per heavy atom. The highest BCUT2D eigenvalue weighted by Gasteiger charge is 2.44. The van der Waals surface area contributed by atoms with Gasteiger partial charge in [0.2, 0.25) is 0 Å². The first-order chi connectivity index (χ1) is 11.6. The molecule has 150 valence electrons. The number of ether oxygens (including phenoxy) is 2. The molecule has 26 heavy (non-hydrogen) atoms. The zero-order valence-electron chi connectivity index (χ0n) is 16.8. The molecule has 0 aromatic carbocycles. The molecule has 8 heteroatoms. The van der Waals surface area contributed by atoms with Crippen molar-refractivity contribution in [2.75, 3.05) is 13.1 Å². The molecule has 0 aromatic heterocycles. The van der Waals surface area contributed by atoms with Gasteiger partial charge in [0, 0.05) is 13.1 Å². The Morgan fingerprint density at radius 3 is 2.12 bits per heavy atom. The van der Waals surface area contributed by atoms with Crippen LogP contribution < -0.4 is 5.32 Å². The van der Waals surface area contributed by atoms with Crippen LogP contribution in [0, 0.1) is 5.92 Å². The van der Waals surface area contributed by atoms with Crippen molar-refractivity contribution >= 4 is 18.2 Å². The number of likely N-dealkylation sites (tertiary alicyclic amines) is 1. The standard InChI is InChI=1S/C18H32N2O6/c1-12-8-18(9-13(21)22,19-14(23)25-16(2,3)4)11-20(10-12)15(24)26-17(5,6)7/h12H,8-11H2,1-7H3,(H,19,23)(H,21,22). The van der Waals surface area contributed by atoms with Crippen LogP contribution in [0.2, 0.25) is 0 Å². The second kappa shape index (κ2) is 7.72. The summed E-state index contributed by atoms with van der Waals surface area (Å²) in [5.74, 6) is -1.06. The smallest absolute Gasteiger partial charge is 0.410 e. The van der Waals surface area contributed by atoms with Crippen LogP contribution in [0.1, 0.15) is 61.3 Å². The summed E-state index contributed by atoms with van der Waals surface area (Å²) >= 11 is 0. The van der Waals surface area contributed by atoms with Crippen molar-refractivity contribution in [1.82, 2.24) is 10.2 Å². The van der Waals surface area contributed by atoms with E-state index in [0.29, 0.717) is 13.0 Å². The van der Waals surface area contributed by atoms with Gasteiger partial charge in [-0.05, 0) is 53.9 Å². The van der Waals surface area contributed by atoms with Crippen molar-refractivity contribution in [3.63, 3.8) is 0 Å². The minimum atomic E-state index is -1.11. The molecule has 2 amide bonds. The third kappa shape index (κ3) is 7.49. The van der Waals surface area contributed by atoms with Crippen molar-refractivity contribution in [3.8, 4) is 0 Å². The van der Waals surface area contributed by atoms with Crippen molar-refractivity contribution in [1.29, 1.82) is 0 Å². The number of hydrogen-bond donors (Lipinski definition) is 2. The Kier molecular flexibility index (Phi) is 6.54. The number of nitrogens with zero attached hydrogens (tertiary/aromatic N) is 1. The van der Waals surface area contributed by atoms with Crippen molar-refractivity contribution in [2.24, 2.45) is 5.92 Å². The molecule has 2 atom stereocenters. The molecule has 0 bridgehead atoms. The van der Waals surface area contributed by atoms with Crippen LogP contribution in [0.15, 0.2) is 0 Å². The number of carboxylic acids is 1. The van der Waals surface area contributed by atoms with Crippen LogP contribution in [-0.4, -0.2) is 58.0 Å². The topological polar surface area (TPSA) is 105 Å². The van der Waals surface area contributed by atoms with Gasteiger partial charge in [-0.1, -0.05) is 6.92 Å². The quantitative estimate of drug-likeness (QED) is 0.789. The average Bonchev–Trinajstić information content (AvgIpc) is 2.31. The molecule has 1 fully saturated rings. The largest absolute Gasteiger partial charge is 0.481 e. The predicted molar refractivity (Wildman–Crippen MR) is 95.9 cm³/mol. The van der Waals surface area contributed by atoms with E-state index in [9.17, 15) is 19.5 Å². The summed E-state index contributed by atoms with van der Waals surface area (Å²) in [6.45, 7) is 12.9. The van der Waals surface area contributed by atoms with E-state index in [-0.39, 0.29) is 18.9 Å². The van der Waals surface area contributed by atoms with Gasteiger partial charge in [0.25, 0.3) is 0 Å². The molecule has 8 nitrogen and oxygen atoms in total. The molecule has 0 spiro atoms. The SMILES string of the molecule is CC1CN(C(=O)OC(C)(C)C)CC(CC(=O)O)(NC(=O)OC(C)(C)C)C1. The van der Waals surface area contributed by atoms with Crippen molar-refractivity contribution in [2.45, 2.75) is 78.0 Å². The molecule has 1 rings (SSSR count). The Labute approximate surface area is 155 Å². The van der Waals surface area contributed by atoms with Crippen LogP contribution in [0.4, 0.5) is 9.59 Å². The molecule has 1 heterocycles. The van der Waals surface area contributed by atoms with Gasteiger partial charge < -0.3 is 24.8 Å². The molecular weight excluding hydrogens is 340 g/mol. The van der Waals surface area contributed by atoms with E-state index in [4.69, 9.17) is 9.47 Å². The van der Waals surface area contributed by atoms with Gasteiger partial charge in [-0.25, -0.2) is 9.59 Å². The van der Waals surface area contributed by atoms with E-state index >= 15 is 0 Å². The predicted octanol–water partition coefficient (Wildman–Crippen LogP) is 3.00. The Balaban J connectivity index is 3.02. The number of amides is 2. The maximum atomic E-state index is 12.5. The second-order valence-electron chi connectivity index (χ2n) is 9.15. The van der Waals surface area contributed by atoms with E-state index in [1.54, 1.807) is 41.5 Å². The van der Waals surface area contributed by atoms with Crippen LogP contribution in [0.3, 0.4) is 0 Å². The number of carbonyl (C=O) groups is 3. The normalized spacial score (nSPS) is 24.0. The summed E-state index contributed by atoms with van der Waals surface area (Å²) in [4.78, 5) is 37.6. The van der Waals surface area contributed by atoms with Crippen LogP contribution in [0.5, 0.6) is 0 Å². The molecule has 1 aliphatic rings. The molecule has 0 aromatic rings. The van der Waals surface area contributed by atoms with Gasteiger partial charge in [0.05, 0.1) is 12.0 Å². The summed E-state index contributed by atoms with van der Waals surface area (Å²) in [5.41, 5.74) is -2.48. The highest BCUT2D eigenvalue weighted by atomic mass is 16.6. The third-order valence-electron chi connectivity index (χ3n) is 3.67. The molecule has 2 unspecified atom stereocenters. The van der Waals surface area contributed by atoms with E-state index in [1.165, 1.54) is 4.90 Å². The van der Waals surface area contributed by atoms with Gasteiger partial charge in [-0.2, -0.15) is 0 Å². The summed E-state index contributed by atoms with van der Waals surface area (Å²) in [7, 11) is 0. The second-order valence-corrected chi connectivity index (χ2v) is 9.15. The fourth-order valence-corrected chi connectivity index (χ4v) is 3.14. The average molecular weight is 372 g/mol. The Hall–Kier alpha value is -1.99. The lowest BCUT2D eigenvalue weighted by atomic mass is 9.81. The van der Waals surface area contributed by atoms with E-state index in [1.807, 2.05) is 6.92 Å². The number of alkyl carbamates (subject to hydrolysis) is 1. The van der Waals surface area contributed by atoms with Gasteiger partial charge in [0.1, 0.15) is 11.2 Å². The number of piperidine rings is 1. The fourth-order valence-electron chi connectivity index (χ4n) is 3.14. The van der Waals surface area contributed by atoms with E-state index in [2.05, 4.69) is 5.32 Å². The van der Waals surface area contributed by atoms with Crippen LogP contribution in [-0.2, 0) is 14.3 Å². The highest BCUT2D eigenvalue weighted by molar-refractivity contribution is 5.74. The van der Waals surface area contributed by atoms with E-state index in [0.717, 1.165) is 0 Å². The summed E-state index contributed by atoms with van der Waals surface area (Å²) < 4.78 is 10.7. The lowest BCUT2D eigenvalue weighted by Crippen LogP contribution is -2.63. The number of hydrogen-bond acceptors (Lipinski definition) is 5. The number of aliphatic carboxylic acids is 1. The summed E-state index contributed by atoms with van der Waals surface area (Å²) in [5, 5.41) is 12.1. The third-order valence-corrected chi connectivity index (χ3v) is 3.67. The monoisotopic (exact) mass is 372 g/mol. The fraction of sp³-hybridized carbons (Fsp3) is 0.833. The highest BCUT2D eigenvalue weighted by Crippen LogP contribution is 2.30. The Morgan fingerprint density at radius 1 is 1.12 bits per heavy atom. The minimum Gasteiger partial charge on any atom is -0.481 e. The molecule has 0 saturated carbocycles. The van der Waals surface area contributed by atoms with Gasteiger partial charge in [-0.3, -0.25) is 4.79 Å². The van der Waals surface area contributed by atoms with E-state index < -0.39 is 34.9 Å². The number of carbonyl (C=O) groups excluding carboxylic acids is 2. The summed E-state index contributed by atoms with van der Waals surface area (Å²) in [6.07, 6.45) is -1.10. The van der Waals surface area contributed by atoms with Crippen molar-refractivity contribution in [3.05, 3.63) is 0 Å².